The first-order chi connectivity index (χ1) is 13.0. The second-order valence-corrected chi connectivity index (χ2v) is 7.41. The lowest BCUT2D eigenvalue weighted by Crippen LogP contribution is -2.33. The summed E-state index contributed by atoms with van der Waals surface area (Å²) in [6, 6.07) is 8.68. The smallest absolute Gasteiger partial charge is 0.220 e. The van der Waals surface area contributed by atoms with Crippen molar-refractivity contribution in [2.45, 2.75) is 53.4 Å². The van der Waals surface area contributed by atoms with Crippen LogP contribution in [0, 0.1) is 13.8 Å². The molecule has 0 unspecified atom stereocenters. The van der Waals surface area contributed by atoms with Crippen molar-refractivity contribution in [3.63, 3.8) is 0 Å². The van der Waals surface area contributed by atoms with E-state index in [1.54, 1.807) is 0 Å². The summed E-state index contributed by atoms with van der Waals surface area (Å²) in [7, 11) is 0. The fourth-order valence-corrected chi connectivity index (χ4v) is 3.83. The van der Waals surface area contributed by atoms with Gasteiger partial charge in [-0.15, -0.1) is 0 Å². The van der Waals surface area contributed by atoms with E-state index in [2.05, 4.69) is 63.1 Å². The van der Waals surface area contributed by atoms with Crippen molar-refractivity contribution >= 4 is 16.8 Å². The number of aryl methyl sites for hydroxylation is 2. The van der Waals surface area contributed by atoms with Gasteiger partial charge in [0, 0.05) is 37.1 Å². The predicted octanol–water partition coefficient (Wildman–Crippen LogP) is 3.02. The Morgan fingerprint density at radius 1 is 1.30 bits per heavy atom. The predicted molar refractivity (Wildman–Crippen MR) is 106 cm³/mol. The number of para-hydroxylation sites is 1. The van der Waals surface area contributed by atoms with E-state index in [1.807, 2.05) is 6.92 Å². The lowest BCUT2D eigenvalue weighted by atomic mass is 10.1. The average molecular weight is 365 g/mol. The molecular weight excluding hydrogens is 338 g/mol. The molecule has 0 atom stereocenters. The number of amides is 1. The van der Waals surface area contributed by atoms with Crippen molar-refractivity contribution in [1.82, 2.24) is 25.0 Å². The second-order valence-electron chi connectivity index (χ2n) is 7.41. The summed E-state index contributed by atoms with van der Waals surface area (Å²) < 4.78 is 2.08. The maximum Gasteiger partial charge on any atom is 0.220 e. The van der Waals surface area contributed by atoms with Gasteiger partial charge in [-0.25, -0.2) is 0 Å². The highest BCUT2D eigenvalue weighted by molar-refractivity contribution is 5.87. The molecule has 0 saturated heterocycles. The molecule has 6 heteroatoms. The van der Waals surface area contributed by atoms with Crippen LogP contribution >= 0.6 is 0 Å². The first kappa shape index (κ1) is 17.8. The Labute approximate surface area is 159 Å². The zero-order chi connectivity index (χ0) is 19.0. The van der Waals surface area contributed by atoms with Crippen molar-refractivity contribution in [2.24, 2.45) is 0 Å². The minimum absolute atomic E-state index is 0.0622. The van der Waals surface area contributed by atoms with E-state index >= 15 is 0 Å². The van der Waals surface area contributed by atoms with Gasteiger partial charge in [-0.05, 0) is 31.0 Å². The summed E-state index contributed by atoms with van der Waals surface area (Å²) in [6.07, 6.45) is 0.505. The van der Waals surface area contributed by atoms with Crippen LogP contribution in [-0.4, -0.2) is 32.1 Å². The summed E-state index contributed by atoms with van der Waals surface area (Å²) in [4.78, 5) is 17.5. The summed E-state index contributed by atoms with van der Waals surface area (Å²) >= 11 is 0. The number of fused-ring (bicyclic) bond motifs is 2. The molecule has 1 aliphatic rings. The topological polar surface area (TPSA) is 66.0 Å². The van der Waals surface area contributed by atoms with Gasteiger partial charge in [0.2, 0.25) is 5.91 Å². The van der Waals surface area contributed by atoms with Crippen LogP contribution < -0.4 is 5.32 Å². The number of aromatic amines is 1. The molecule has 2 N–H and O–H groups in total. The van der Waals surface area contributed by atoms with Crippen molar-refractivity contribution in [1.29, 1.82) is 0 Å². The number of nitrogens with one attached hydrogen (secondary N) is 2. The van der Waals surface area contributed by atoms with E-state index < -0.39 is 0 Å². The van der Waals surface area contributed by atoms with Gasteiger partial charge in [0.05, 0.1) is 30.0 Å². The normalized spacial score (nSPS) is 14.5. The molecule has 27 heavy (non-hydrogen) atoms. The number of hydrogen-bond acceptors (Lipinski definition) is 3. The van der Waals surface area contributed by atoms with Gasteiger partial charge in [-0.1, -0.05) is 25.1 Å². The van der Waals surface area contributed by atoms with E-state index in [1.165, 1.54) is 33.4 Å². The number of rotatable bonds is 5. The highest BCUT2D eigenvalue weighted by Crippen LogP contribution is 2.26. The minimum Gasteiger partial charge on any atom is -0.358 e. The largest absolute Gasteiger partial charge is 0.358 e. The number of H-pyrrole nitrogens is 1. The van der Waals surface area contributed by atoms with Gasteiger partial charge in [0.25, 0.3) is 0 Å². The lowest BCUT2D eigenvalue weighted by molar-refractivity contribution is -0.120. The molecule has 2 aromatic heterocycles. The van der Waals surface area contributed by atoms with Gasteiger partial charge in [0.15, 0.2) is 0 Å². The van der Waals surface area contributed by atoms with E-state index in [0.29, 0.717) is 13.0 Å². The number of carbonyl (C=O) groups is 1. The Morgan fingerprint density at radius 3 is 2.96 bits per heavy atom. The summed E-state index contributed by atoms with van der Waals surface area (Å²) in [5.74, 6) is 0.0622. The van der Waals surface area contributed by atoms with Crippen LogP contribution in [0.4, 0.5) is 0 Å². The Hall–Kier alpha value is -2.60. The molecule has 1 aromatic carbocycles. The maximum atomic E-state index is 11.5. The van der Waals surface area contributed by atoms with Gasteiger partial charge in [-0.2, -0.15) is 5.10 Å². The van der Waals surface area contributed by atoms with Crippen molar-refractivity contribution in [3.8, 4) is 0 Å². The molecule has 0 aliphatic carbocycles. The fraction of sp³-hybridized carbons (Fsp3) is 0.429. The number of nitrogens with zero attached hydrogens (tertiary/aromatic N) is 3. The minimum atomic E-state index is 0.0622. The molecule has 1 amide bonds. The highest BCUT2D eigenvalue weighted by Gasteiger charge is 2.20. The molecule has 142 valence electrons. The summed E-state index contributed by atoms with van der Waals surface area (Å²) in [5.41, 5.74) is 7.33. The third-order valence-electron chi connectivity index (χ3n) is 5.54. The molecule has 0 saturated carbocycles. The molecule has 0 spiro atoms. The van der Waals surface area contributed by atoms with Crippen molar-refractivity contribution in [3.05, 3.63) is 52.5 Å². The van der Waals surface area contributed by atoms with E-state index in [-0.39, 0.29) is 5.91 Å². The number of benzene rings is 1. The van der Waals surface area contributed by atoms with Crippen LogP contribution in [0.25, 0.3) is 10.9 Å². The molecule has 0 fully saturated rings. The highest BCUT2D eigenvalue weighted by atomic mass is 16.1. The fourth-order valence-electron chi connectivity index (χ4n) is 3.83. The van der Waals surface area contributed by atoms with Crippen LogP contribution in [0.5, 0.6) is 0 Å². The maximum absolute atomic E-state index is 11.5. The first-order valence-electron chi connectivity index (χ1n) is 9.66. The SMILES string of the molecule is CCC(=O)NCc1cc2n(n1)CCN(Cc1cccc3c(C)c(C)[nH]c13)C2. The van der Waals surface area contributed by atoms with Crippen molar-refractivity contribution < 1.29 is 4.79 Å². The Morgan fingerprint density at radius 2 is 2.15 bits per heavy atom. The molecule has 4 rings (SSSR count). The van der Waals surface area contributed by atoms with Gasteiger partial charge < -0.3 is 10.3 Å². The standard InChI is InChI=1S/C21H27N5O/c1-4-20(27)22-11-17-10-18-13-25(8-9-26(18)24-17)12-16-6-5-7-19-14(2)15(3)23-21(16)19/h5-7,10,23H,4,8-9,11-13H2,1-3H3,(H,22,27). The van der Waals surface area contributed by atoms with Crippen LogP contribution in [0.1, 0.15) is 41.6 Å². The second kappa shape index (κ2) is 7.19. The quantitative estimate of drug-likeness (QED) is 0.730. The molecule has 0 radical (unpaired) electrons. The Bertz CT molecular complexity index is 984. The first-order valence-corrected chi connectivity index (χ1v) is 9.66. The summed E-state index contributed by atoms with van der Waals surface area (Å²) in [6.45, 7) is 10.3. The molecular formula is C21H27N5O. The number of aromatic nitrogens is 3. The zero-order valence-electron chi connectivity index (χ0n) is 16.3. The molecule has 1 aliphatic heterocycles. The van der Waals surface area contributed by atoms with E-state index in [4.69, 9.17) is 0 Å². The molecule has 6 nitrogen and oxygen atoms in total. The van der Waals surface area contributed by atoms with Crippen LogP contribution in [0.15, 0.2) is 24.3 Å². The lowest BCUT2D eigenvalue weighted by Gasteiger charge is -2.27. The number of hydrogen-bond donors (Lipinski definition) is 2. The third-order valence-corrected chi connectivity index (χ3v) is 5.54. The van der Waals surface area contributed by atoms with E-state index in [9.17, 15) is 4.79 Å². The summed E-state index contributed by atoms with van der Waals surface area (Å²) in [5, 5.41) is 8.86. The van der Waals surface area contributed by atoms with Crippen molar-refractivity contribution in [2.75, 3.05) is 6.54 Å². The molecule has 0 bridgehead atoms. The zero-order valence-corrected chi connectivity index (χ0v) is 16.3. The van der Waals surface area contributed by atoms with Crippen LogP contribution in [0.2, 0.25) is 0 Å². The number of carbonyl (C=O) groups excluding carboxylic acids is 1. The van der Waals surface area contributed by atoms with Crippen LogP contribution in [-0.2, 0) is 31.0 Å². The van der Waals surface area contributed by atoms with Crippen LogP contribution in [0.3, 0.4) is 0 Å². The Kier molecular flexibility index (Phi) is 4.74. The third kappa shape index (κ3) is 3.49. The van der Waals surface area contributed by atoms with E-state index in [0.717, 1.165) is 31.9 Å². The average Bonchev–Trinajstić information content (AvgIpc) is 3.21. The molecule has 3 aromatic rings. The van der Waals surface area contributed by atoms with Gasteiger partial charge in [-0.3, -0.25) is 14.4 Å². The van der Waals surface area contributed by atoms with Gasteiger partial charge >= 0.3 is 0 Å². The monoisotopic (exact) mass is 365 g/mol. The Balaban J connectivity index is 1.48. The van der Waals surface area contributed by atoms with Gasteiger partial charge in [0.1, 0.15) is 0 Å². The molecule has 3 heterocycles.